The van der Waals surface area contributed by atoms with Crippen LogP contribution in [-0.4, -0.2) is 17.6 Å². The van der Waals surface area contributed by atoms with Gasteiger partial charge in [0.15, 0.2) is 0 Å². The first-order valence-corrected chi connectivity index (χ1v) is 4.71. The van der Waals surface area contributed by atoms with Crippen LogP contribution in [0.1, 0.15) is 17.3 Å². The quantitative estimate of drug-likeness (QED) is 0.524. The molecule has 2 amide bonds. The maximum atomic E-state index is 11.7. The number of carbonyl (C=O) groups excluding carboxylic acids is 3. The smallest absolute Gasteiger partial charge is 0.283 e. The molecule has 0 atom stereocenters. The van der Waals surface area contributed by atoms with E-state index in [1.54, 1.807) is 18.2 Å². The van der Waals surface area contributed by atoms with Crippen LogP contribution >= 0.6 is 0 Å². The summed E-state index contributed by atoms with van der Waals surface area (Å²) in [5.41, 5.74) is 0.824. The number of anilines is 1. The highest BCUT2D eigenvalue weighted by Crippen LogP contribution is 2.29. The van der Waals surface area contributed by atoms with Gasteiger partial charge < -0.3 is 0 Å². The average molecular weight is 215 g/mol. The standard InChI is InChI=1S/C12H9NO3/c1-7(2)11(15)13-9-6-4-3-5-8(9)10(14)12(13)16/h3-6H,1H2,2H3. The Kier molecular flexibility index (Phi) is 2.20. The molecule has 16 heavy (non-hydrogen) atoms. The predicted molar refractivity (Wildman–Crippen MR) is 58.1 cm³/mol. The zero-order valence-electron chi connectivity index (χ0n) is 8.69. The van der Waals surface area contributed by atoms with E-state index in [4.69, 9.17) is 0 Å². The van der Waals surface area contributed by atoms with Gasteiger partial charge in [-0.15, -0.1) is 0 Å². The molecule has 0 unspecified atom stereocenters. The molecule has 4 heteroatoms. The number of carbonyl (C=O) groups is 3. The summed E-state index contributed by atoms with van der Waals surface area (Å²) in [6, 6.07) is 6.42. The van der Waals surface area contributed by atoms with Crippen LogP contribution in [0.5, 0.6) is 0 Å². The van der Waals surface area contributed by atoms with Crippen LogP contribution in [0.2, 0.25) is 0 Å². The van der Waals surface area contributed by atoms with Crippen molar-refractivity contribution in [2.24, 2.45) is 0 Å². The lowest BCUT2D eigenvalue weighted by atomic mass is 10.1. The van der Waals surface area contributed by atoms with Gasteiger partial charge in [0.25, 0.3) is 11.7 Å². The molecule has 1 heterocycles. The number of rotatable bonds is 1. The molecule has 1 aromatic carbocycles. The molecule has 80 valence electrons. The minimum Gasteiger partial charge on any atom is -0.283 e. The maximum absolute atomic E-state index is 11.7. The lowest BCUT2D eigenvalue weighted by Gasteiger charge is -2.13. The highest BCUT2D eigenvalue weighted by Gasteiger charge is 2.39. The molecular formula is C12H9NO3. The lowest BCUT2D eigenvalue weighted by Crippen LogP contribution is -2.36. The van der Waals surface area contributed by atoms with Crippen LogP contribution in [-0.2, 0) is 9.59 Å². The Morgan fingerprint density at radius 1 is 1.25 bits per heavy atom. The molecule has 0 saturated carbocycles. The minimum absolute atomic E-state index is 0.220. The van der Waals surface area contributed by atoms with Crippen molar-refractivity contribution >= 4 is 23.3 Å². The van der Waals surface area contributed by atoms with Gasteiger partial charge >= 0.3 is 5.91 Å². The monoisotopic (exact) mass is 215 g/mol. The van der Waals surface area contributed by atoms with Crippen LogP contribution in [0, 0.1) is 0 Å². The third-order valence-electron chi connectivity index (χ3n) is 2.36. The van der Waals surface area contributed by atoms with Crippen molar-refractivity contribution < 1.29 is 14.4 Å². The third kappa shape index (κ3) is 1.27. The Bertz CT molecular complexity index is 523. The molecule has 0 aliphatic carbocycles. The largest absolute Gasteiger partial charge is 0.306 e. The Balaban J connectivity index is 2.58. The molecule has 2 rings (SSSR count). The number of Topliss-reactive ketones (excluding diaryl/α,β-unsaturated/α-hetero) is 1. The fourth-order valence-corrected chi connectivity index (χ4v) is 1.58. The topological polar surface area (TPSA) is 54.5 Å². The number of benzene rings is 1. The first-order chi connectivity index (χ1) is 7.54. The van der Waals surface area contributed by atoms with E-state index in [0.29, 0.717) is 5.69 Å². The van der Waals surface area contributed by atoms with Gasteiger partial charge in [-0.2, -0.15) is 0 Å². The number of para-hydroxylation sites is 1. The van der Waals surface area contributed by atoms with Crippen molar-refractivity contribution in [3.63, 3.8) is 0 Å². The molecule has 0 saturated heterocycles. The van der Waals surface area contributed by atoms with Gasteiger partial charge in [-0.3, -0.25) is 14.4 Å². The fraction of sp³-hybridized carbons (Fsp3) is 0.0833. The summed E-state index contributed by atoms with van der Waals surface area (Å²) < 4.78 is 0. The minimum atomic E-state index is -0.811. The summed E-state index contributed by atoms with van der Waals surface area (Å²) >= 11 is 0. The van der Waals surface area contributed by atoms with E-state index in [1.165, 1.54) is 13.0 Å². The Morgan fingerprint density at radius 3 is 2.50 bits per heavy atom. The van der Waals surface area contributed by atoms with E-state index in [2.05, 4.69) is 6.58 Å². The Labute approximate surface area is 92.2 Å². The van der Waals surface area contributed by atoms with Gasteiger partial charge in [-0.25, -0.2) is 4.90 Å². The van der Waals surface area contributed by atoms with Crippen molar-refractivity contribution in [1.82, 2.24) is 0 Å². The number of ketones is 1. The van der Waals surface area contributed by atoms with Crippen molar-refractivity contribution in [3.05, 3.63) is 42.0 Å². The second kappa shape index (κ2) is 3.41. The molecule has 0 spiro atoms. The summed E-state index contributed by atoms with van der Waals surface area (Å²) in [7, 11) is 0. The number of imide groups is 1. The van der Waals surface area contributed by atoms with Crippen LogP contribution in [0.3, 0.4) is 0 Å². The van der Waals surface area contributed by atoms with Gasteiger partial charge in [0.05, 0.1) is 11.3 Å². The highest BCUT2D eigenvalue weighted by molar-refractivity contribution is 6.57. The molecule has 0 N–H and O–H groups in total. The summed E-state index contributed by atoms with van der Waals surface area (Å²) in [6.07, 6.45) is 0. The van der Waals surface area contributed by atoms with Gasteiger partial charge in [-0.05, 0) is 19.1 Å². The average Bonchev–Trinajstić information content (AvgIpc) is 2.52. The van der Waals surface area contributed by atoms with Crippen molar-refractivity contribution in [3.8, 4) is 0 Å². The molecule has 1 aliphatic heterocycles. The Hall–Kier alpha value is -2.23. The highest BCUT2D eigenvalue weighted by atomic mass is 16.2. The van der Waals surface area contributed by atoms with Crippen molar-refractivity contribution in [2.75, 3.05) is 4.90 Å². The zero-order chi connectivity index (χ0) is 11.9. The number of amides is 2. The van der Waals surface area contributed by atoms with Gasteiger partial charge in [-0.1, -0.05) is 18.7 Å². The number of fused-ring (bicyclic) bond motifs is 1. The maximum Gasteiger partial charge on any atom is 0.306 e. The van der Waals surface area contributed by atoms with Crippen molar-refractivity contribution in [1.29, 1.82) is 0 Å². The number of hydrogen-bond acceptors (Lipinski definition) is 3. The van der Waals surface area contributed by atoms with Gasteiger partial charge in [0.2, 0.25) is 0 Å². The van der Waals surface area contributed by atoms with Gasteiger partial charge in [0, 0.05) is 5.57 Å². The predicted octanol–water partition coefficient (Wildman–Crippen LogP) is 1.32. The third-order valence-corrected chi connectivity index (χ3v) is 2.36. The molecule has 0 radical (unpaired) electrons. The molecule has 0 aromatic heterocycles. The van der Waals surface area contributed by atoms with E-state index in [0.717, 1.165) is 4.90 Å². The van der Waals surface area contributed by atoms with Gasteiger partial charge in [0.1, 0.15) is 0 Å². The summed E-state index contributed by atoms with van der Waals surface area (Å²) in [5.74, 6) is -2.00. The van der Waals surface area contributed by atoms with E-state index in [-0.39, 0.29) is 11.1 Å². The number of hydrogen-bond donors (Lipinski definition) is 0. The molecule has 1 aromatic rings. The fourth-order valence-electron chi connectivity index (χ4n) is 1.58. The SMILES string of the molecule is C=C(C)C(=O)N1C(=O)C(=O)c2ccccc21. The summed E-state index contributed by atoms with van der Waals surface area (Å²) in [5, 5.41) is 0. The van der Waals surface area contributed by atoms with E-state index >= 15 is 0 Å². The van der Waals surface area contributed by atoms with Crippen LogP contribution < -0.4 is 4.90 Å². The summed E-state index contributed by atoms with van der Waals surface area (Å²) in [4.78, 5) is 35.8. The summed E-state index contributed by atoms with van der Waals surface area (Å²) in [6.45, 7) is 4.98. The lowest BCUT2D eigenvalue weighted by molar-refractivity contribution is -0.122. The van der Waals surface area contributed by atoms with E-state index < -0.39 is 17.6 Å². The molecule has 4 nitrogen and oxygen atoms in total. The molecule has 1 aliphatic rings. The number of nitrogens with zero attached hydrogens (tertiary/aromatic N) is 1. The van der Waals surface area contributed by atoms with Crippen molar-refractivity contribution in [2.45, 2.75) is 6.92 Å². The first kappa shape index (κ1) is 10.3. The Morgan fingerprint density at radius 2 is 1.88 bits per heavy atom. The molecule has 0 bridgehead atoms. The second-order valence-corrected chi connectivity index (χ2v) is 3.57. The van der Waals surface area contributed by atoms with Crippen LogP contribution in [0.25, 0.3) is 0 Å². The first-order valence-electron chi connectivity index (χ1n) is 4.71. The molecule has 0 fully saturated rings. The van der Waals surface area contributed by atoms with Crippen LogP contribution in [0.4, 0.5) is 5.69 Å². The van der Waals surface area contributed by atoms with E-state index in [9.17, 15) is 14.4 Å². The van der Waals surface area contributed by atoms with Crippen LogP contribution in [0.15, 0.2) is 36.4 Å². The molecular weight excluding hydrogens is 206 g/mol. The second-order valence-electron chi connectivity index (χ2n) is 3.57. The normalized spacial score (nSPS) is 13.9. The zero-order valence-corrected chi connectivity index (χ0v) is 8.69. The van der Waals surface area contributed by atoms with E-state index in [1.807, 2.05) is 0 Å².